The molecule has 35 heavy (non-hydrogen) atoms. The summed E-state index contributed by atoms with van der Waals surface area (Å²) in [5.41, 5.74) is 3.50. The Morgan fingerprint density at radius 3 is 2.54 bits per heavy atom. The molecule has 1 unspecified atom stereocenters. The van der Waals surface area contributed by atoms with E-state index < -0.39 is 10.0 Å². The molecule has 0 heterocycles. The Bertz CT molecular complexity index is 1290. The minimum atomic E-state index is -3.78. The zero-order valence-electron chi connectivity index (χ0n) is 19.9. The fourth-order valence-corrected chi connectivity index (χ4v) is 5.38. The summed E-state index contributed by atoms with van der Waals surface area (Å²) in [4.78, 5) is 12.7. The van der Waals surface area contributed by atoms with Gasteiger partial charge in [0.05, 0.1) is 17.5 Å². The Kier molecular flexibility index (Phi) is 7.60. The van der Waals surface area contributed by atoms with Gasteiger partial charge in [-0.3, -0.25) is 9.52 Å². The molecule has 7 nitrogen and oxygen atoms in total. The molecule has 0 saturated heterocycles. The molecule has 0 bridgehead atoms. The summed E-state index contributed by atoms with van der Waals surface area (Å²) in [6.07, 6.45) is 2.96. The van der Waals surface area contributed by atoms with E-state index in [4.69, 9.17) is 9.47 Å². The normalized spacial score (nSPS) is 15.1. The Morgan fingerprint density at radius 2 is 1.80 bits per heavy atom. The number of fused-ring (bicyclic) bond motifs is 1. The van der Waals surface area contributed by atoms with Crippen molar-refractivity contribution >= 4 is 21.6 Å². The van der Waals surface area contributed by atoms with Gasteiger partial charge in [-0.15, -0.1) is 0 Å². The average Bonchev–Trinajstić information content (AvgIpc) is 2.85. The molecule has 1 atom stereocenters. The monoisotopic (exact) mass is 494 g/mol. The Balaban J connectivity index is 1.36. The number of nitrogens with one attached hydrogen (secondary N) is 2. The minimum Gasteiger partial charge on any atom is -0.494 e. The number of hydrogen-bond acceptors (Lipinski definition) is 5. The fraction of sp³-hybridized carbons (Fsp3) is 0.296. The lowest BCUT2D eigenvalue weighted by atomic mass is 9.88. The predicted octanol–water partition coefficient (Wildman–Crippen LogP) is 4.77. The molecule has 8 heteroatoms. The van der Waals surface area contributed by atoms with Crippen LogP contribution < -0.4 is 19.5 Å². The molecule has 1 aliphatic rings. The molecule has 4 rings (SSSR count). The van der Waals surface area contributed by atoms with Crippen molar-refractivity contribution in [2.75, 3.05) is 17.9 Å². The van der Waals surface area contributed by atoms with Crippen LogP contribution >= 0.6 is 0 Å². The van der Waals surface area contributed by atoms with E-state index in [1.165, 1.54) is 17.7 Å². The second kappa shape index (κ2) is 10.8. The minimum absolute atomic E-state index is 0.0154. The maximum absolute atomic E-state index is 12.8. The summed E-state index contributed by atoms with van der Waals surface area (Å²) in [6, 6.07) is 19.4. The zero-order valence-corrected chi connectivity index (χ0v) is 20.7. The second-order valence-corrected chi connectivity index (χ2v) is 10.2. The van der Waals surface area contributed by atoms with Crippen LogP contribution in [0.25, 0.3) is 0 Å². The molecule has 2 N–H and O–H groups in total. The van der Waals surface area contributed by atoms with Gasteiger partial charge in [-0.2, -0.15) is 0 Å². The lowest BCUT2D eigenvalue weighted by Gasteiger charge is -2.26. The van der Waals surface area contributed by atoms with Crippen LogP contribution in [-0.4, -0.2) is 27.5 Å². The van der Waals surface area contributed by atoms with E-state index >= 15 is 0 Å². The zero-order chi connectivity index (χ0) is 24.8. The molecule has 0 aromatic heterocycles. The molecule has 1 amide bonds. The highest BCUT2D eigenvalue weighted by Crippen LogP contribution is 2.29. The number of carbonyl (C=O) groups is 1. The first-order chi connectivity index (χ1) is 16.9. The van der Waals surface area contributed by atoms with Gasteiger partial charge >= 0.3 is 0 Å². The SMILES string of the molecule is CCOc1ccc(NS(=O)(=O)c2ccc(OCC(=O)NC3CCCc4ccccc43)c(C)c2)cc1. The Morgan fingerprint density at radius 1 is 1.03 bits per heavy atom. The number of aryl methyl sites for hydroxylation is 2. The van der Waals surface area contributed by atoms with Crippen molar-refractivity contribution in [1.82, 2.24) is 5.32 Å². The quantitative estimate of drug-likeness (QED) is 0.447. The van der Waals surface area contributed by atoms with Gasteiger partial charge in [0, 0.05) is 5.69 Å². The molecule has 1 aliphatic carbocycles. The van der Waals surface area contributed by atoms with Gasteiger partial charge in [0.15, 0.2) is 6.61 Å². The average molecular weight is 495 g/mol. The molecule has 0 fully saturated rings. The molecular weight excluding hydrogens is 464 g/mol. The van der Waals surface area contributed by atoms with E-state index in [2.05, 4.69) is 22.2 Å². The van der Waals surface area contributed by atoms with Gasteiger partial charge in [-0.05, 0) is 92.3 Å². The molecule has 3 aromatic carbocycles. The molecule has 0 saturated carbocycles. The number of benzene rings is 3. The maximum atomic E-state index is 12.8. The summed E-state index contributed by atoms with van der Waals surface area (Å²) in [5, 5.41) is 3.06. The third-order valence-corrected chi connectivity index (χ3v) is 7.32. The first kappa shape index (κ1) is 24.6. The van der Waals surface area contributed by atoms with Crippen LogP contribution in [-0.2, 0) is 21.2 Å². The van der Waals surface area contributed by atoms with E-state index in [1.807, 2.05) is 19.1 Å². The lowest BCUT2D eigenvalue weighted by molar-refractivity contribution is -0.124. The van der Waals surface area contributed by atoms with Gasteiger partial charge in [0.2, 0.25) is 0 Å². The molecule has 0 aliphatic heterocycles. The number of sulfonamides is 1. The van der Waals surface area contributed by atoms with Crippen LogP contribution in [0, 0.1) is 6.92 Å². The van der Waals surface area contributed by atoms with E-state index in [0.717, 1.165) is 24.8 Å². The fourth-order valence-electron chi connectivity index (χ4n) is 4.23. The smallest absolute Gasteiger partial charge is 0.261 e. The van der Waals surface area contributed by atoms with Crippen molar-refractivity contribution in [3.63, 3.8) is 0 Å². The van der Waals surface area contributed by atoms with Gasteiger partial charge in [0.25, 0.3) is 15.9 Å². The summed E-state index contributed by atoms with van der Waals surface area (Å²) in [6.45, 7) is 4.03. The third kappa shape index (κ3) is 6.14. The summed E-state index contributed by atoms with van der Waals surface area (Å²) >= 11 is 0. The highest BCUT2D eigenvalue weighted by Gasteiger charge is 2.22. The van der Waals surface area contributed by atoms with Crippen LogP contribution in [0.2, 0.25) is 0 Å². The largest absolute Gasteiger partial charge is 0.494 e. The van der Waals surface area contributed by atoms with Crippen molar-refractivity contribution in [2.24, 2.45) is 0 Å². The van der Waals surface area contributed by atoms with Gasteiger partial charge in [-0.25, -0.2) is 8.42 Å². The van der Waals surface area contributed by atoms with Crippen molar-refractivity contribution in [3.8, 4) is 11.5 Å². The summed E-state index contributed by atoms with van der Waals surface area (Å²) in [5.74, 6) is 0.925. The number of rotatable bonds is 9. The summed E-state index contributed by atoms with van der Waals surface area (Å²) < 4.78 is 39.3. The number of carbonyl (C=O) groups excluding carboxylic acids is 1. The van der Waals surface area contributed by atoms with Crippen LogP contribution in [0.5, 0.6) is 11.5 Å². The summed E-state index contributed by atoms with van der Waals surface area (Å²) in [7, 11) is -3.78. The third-order valence-electron chi connectivity index (χ3n) is 5.94. The molecule has 3 aromatic rings. The van der Waals surface area contributed by atoms with E-state index in [-0.39, 0.29) is 23.5 Å². The van der Waals surface area contributed by atoms with Crippen LogP contribution in [0.1, 0.15) is 42.5 Å². The lowest BCUT2D eigenvalue weighted by Crippen LogP contribution is -2.34. The Labute approximate surface area is 206 Å². The van der Waals surface area contributed by atoms with Crippen LogP contribution in [0.4, 0.5) is 5.69 Å². The van der Waals surface area contributed by atoms with Gasteiger partial charge in [-0.1, -0.05) is 24.3 Å². The first-order valence-corrected chi connectivity index (χ1v) is 13.2. The van der Waals surface area contributed by atoms with Gasteiger partial charge in [0.1, 0.15) is 11.5 Å². The second-order valence-electron chi connectivity index (χ2n) is 8.49. The van der Waals surface area contributed by atoms with E-state index in [9.17, 15) is 13.2 Å². The topological polar surface area (TPSA) is 93.7 Å². The first-order valence-electron chi connectivity index (χ1n) is 11.7. The predicted molar refractivity (Wildman–Crippen MR) is 135 cm³/mol. The van der Waals surface area contributed by atoms with Crippen molar-refractivity contribution in [2.45, 2.75) is 44.0 Å². The molecule has 0 spiro atoms. The van der Waals surface area contributed by atoms with Crippen molar-refractivity contribution in [3.05, 3.63) is 83.4 Å². The van der Waals surface area contributed by atoms with E-state index in [1.54, 1.807) is 37.3 Å². The van der Waals surface area contributed by atoms with Crippen molar-refractivity contribution < 1.29 is 22.7 Å². The highest BCUT2D eigenvalue weighted by atomic mass is 32.2. The standard InChI is InChI=1S/C27H30N2O5S/c1-3-33-22-13-11-21(12-14-22)29-35(31,32)23-15-16-26(19(2)17-23)34-18-27(30)28-25-10-6-8-20-7-4-5-9-24(20)25/h4-5,7,9,11-17,25,29H,3,6,8,10,18H2,1-2H3,(H,28,30). The number of amides is 1. The van der Waals surface area contributed by atoms with E-state index in [0.29, 0.717) is 29.4 Å². The molecule has 0 radical (unpaired) electrons. The molecule has 184 valence electrons. The van der Waals surface area contributed by atoms with Gasteiger partial charge < -0.3 is 14.8 Å². The van der Waals surface area contributed by atoms with Crippen molar-refractivity contribution in [1.29, 1.82) is 0 Å². The van der Waals surface area contributed by atoms with Crippen LogP contribution in [0.15, 0.2) is 71.6 Å². The number of hydrogen-bond donors (Lipinski definition) is 2. The number of ether oxygens (including phenoxy) is 2. The number of anilines is 1. The van der Waals surface area contributed by atoms with Crippen LogP contribution in [0.3, 0.4) is 0 Å². The maximum Gasteiger partial charge on any atom is 0.261 e. The highest BCUT2D eigenvalue weighted by molar-refractivity contribution is 7.92. The Hall–Kier alpha value is -3.52. The molecular formula is C27H30N2O5S.